The van der Waals surface area contributed by atoms with E-state index in [1.54, 1.807) is 4.68 Å². The second-order valence-electron chi connectivity index (χ2n) is 5.45. The molecule has 2 rings (SSSR count). The number of hydrogen-bond donors (Lipinski definition) is 1. The van der Waals surface area contributed by atoms with Crippen molar-refractivity contribution in [2.75, 3.05) is 32.7 Å². The summed E-state index contributed by atoms with van der Waals surface area (Å²) >= 11 is 6.32. The van der Waals surface area contributed by atoms with E-state index < -0.39 is 5.97 Å². The van der Waals surface area contributed by atoms with Gasteiger partial charge in [0.1, 0.15) is 5.15 Å². The van der Waals surface area contributed by atoms with E-state index in [0.29, 0.717) is 6.54 Å². The van der Waals surface area contributed by atoms with Gasteiger partial charge in [-0.15, -0.1) is 0 Å². The van der Waals surface area contributed by atoms with E-state index in [2.05, 4.69) is 21.8 Å². The van der Waals surface area contributed by atoms with E-state index in [-0.39, 0.29) is 6.42 Å². The molecule has 1 aliphatic rings. The summed E-state index contributed by atoms with van der Waals surface area (Å²) in [6, 6.07) is 0. The number of nitrogens with zero attached hydrogens (tertiary/aromatic N) is 4. The molecule has 0 amide bonds. The highest BCUT2D eigenvalue weighted by Gasteiger charge is 2.21. The van der Waals surface area contributed by atoms with Crippen LogP contribution in [-0.2, 0) is 24.8 Å². The average molecular weight is 315 g/mol. The first-order valence-corrected chi connectivity index (χ1v) is 7.75. The Hall–Kier alpha value is -1.11. The van der Waals surface area contributed by atoms with Crippen molar-refractivity contribution in [2.24, 2.45) is 7.05 Å². The molecule has 0 aliphatic carbocycles. The smallest absolute Gasteiger partial charge is 0.304 e. The maximum Gasteiger partial charge on any atom is 0.304 e. The summed E-state index contributed by atoms with van der Waals surface area (Å²) in [6.07, 6.45) is 1.10. The van der Waals surface area contributed by atoms with Crippen LogP contribution in [-0.4, -0.2) is 63.4 Å². The van der Waals surface area contributed by atoms with Gasteiger partial charge >= 0.3 is 5.97 Å². The molecule has 2 heterocycles. The number of carboxylic acid groups (broad SMARTS) is 1. The highest BCUT2D eigenvalue weighted by atomic mass is 35.5. The van der Waals surface area contributed by atoms with Gasteiger partial charge in [-0.25, -0.2) is 0 Å². The largest absolute Gasteiger partial charge is 0.481 e. The highest BCUT2D eigenvalue weighted by molar-refractivity contribution is 6.30. The van der Waals surface area contributed by atoms with Crippen molar-refractivity contribution in [1.82, 2.24) is 19.6 Å². The van der Waals surface area contributed by atoms with Gasteiger partial charge in [-0.2, -0.15) is 5.10 Å². The molecule has 0 unspecified atom stereocenters. The number of hydrogen-bond acceptors (Lipinski definition) is 4. The van der Waals surface area contributed by atoms with E-state index in [0.717, 1.165) is 55.6 Å². The predicted octanol–water partition coefficient (Wildman–Crippen LogP) is 1.23. The third-order valence-corrected chi connectivity index (χ3v) is 4.45. The lowest BCUT2D eigenvalue weighted by Crippen LogP contribution is -2.46. The number of aliphatic carboxylic acids is 1. The zero-order chi connectivity index (χ0) is 15.4. The monoisotopic (exact) mass is 314 g/mol. The summed E-state index contributed by atoms with van der Waals surface area (Å²) in [5, 5.41) is 13.9. The van der Waals surface area contributed by atoms with Crippen molar-refractivity contribution in [3.63, 3.8) is 0 Å². The van der Waals surface area contributed by atoms with Gasteiger partial charge in [-0.05, 0) is 6.42 Å². The zero-order valence-electron chi connectivity index (χ0n) is 12.7. The highest BCUT2D eigenvalue weighted by Crippen LogP contribution is 2.22. The minimum Gasteiger partial charge on any atom is -0.481 e. The summed E-state index contributed by atoms with van der Waals surface area (Å²) in [7, 11) is 1.87. The van der Waals surface area contributed by atoms with Gasteiger partial charge < -0.3 is 10.0 Å². The Labute approximate surface area is 130 Å². The molecule has 0 aromatic carbocycles. The second kappa shape index (κ2) is 7.24. The standard InChI is InChI=1S/C14H23ClN4O2/c1-3-12-11(14(15)17(2)16-12)10-19-8-6-18(7-9-19)5-4-13(20)21/h3-10H2,1-2H3,(H,20,21). The number of aryl methyl sites for hydroxylation is 2. The molecule has 1 fully saturated rings. The molecule has 1 aliphatic heterocycles. The Morgan fingerprint density at radius 3 is 2.48 bits per heavy atom. The van der Waals surface area contributed by atoms with Crippen LogP contribution in [0.2, 0.25) is 5.15 Å². The fraction of sp³-hybridized carbons (Fsp3) is 0.714. The Morgan fingerprint density at radius 2 is 1.90 bits per heavy atom. The van der Waals surface area contributed by atoms with Crippen LogP contribution >= 0.6 is 11.6 Å². The lowest BCUT2D eigenvalue weighted by Gasteiger charge is -2.34. The molecular formula is C14H23ClN4O2. The molecule has 118 valence electrons. The molecule has 1 N–H and O–H groups in total. The van der Waals surface area contributed by atoms with Crippen LogP contribution in [0.3, 0.4) is 0 Å². The third kappa shape index (κ3) is 4.18. The van der Waals surface area contributed by atoms with E-state index in [1.807, 2.05) is 7.05 Å². The van der Waals surface area contributed by atoms with Gasteiger partial charge in [0.2, 0.25) is 0 Å². The molecule has 0 spiro atoms. The van der Waals surface area contributed by atoms with Gasteiger partial charge in [0.05, 0.1) is 12.1 Å². The molecule has 1 saturated heterocycles. The molecule has 7 heteroatoms. The molecule has 0 bridgehead atoms. The number of piperazine rings is 1. The predicted molar refractivity (Wildman–Crippen MR) is 81.6 cm³/mol. The quantitative estimate of drug-likeness (QED) is 0.855. The maximum atomic E-state index is 10.6. The first-order valence-electron chi connectivity index (χ1n) is 7.38. The number of rotatable bonds is 6. The van der Waals surface area contributed by atoms with Gasteiger partial charge in [-0.1, -0.05) is 18.5 Å². The van der Waals surface area contributed by atoms with Crippen molar-refractivity contribution in [1.29, 1.82) is 0 Å². The van der Waals surface area contributed by atoms with Crippen LogP contribution in [0.5, 0.6) is 0 Å². The van der Waals surface area contributed by atoms with E-state index >= 15 is 0 Å². The Morgan fingerprint density at radius 1 is 1.29 bits per heavy atom. The van der Waals surface area contributed by atoms with Crippen molar-refractivity contribution in [2.45, 2.75) is 26.3 Å². The minimum absolute atomic E-state index is 0.217. The van der Waals surface area contributed by atoms with E-state index in [1.165, 1.54) is 0 Å². The van der Waals surface area contributed by atoms with Crippen LogP contribution < -0.4 is 0 Å². The minimum atomic E-state index is -0.729. The first kappa shape index (κ1) is 16.3. The van der Waals surface area contributed by atoms with E-state index in [9.17, 15) is 4.79 Å². The fourth-order valence-corrected chi connectivity index (χ4v) is 2.90. The maximum absolute atomic E-state index is 10.6. The molecular weight excluding hydrogens is 292 g/mol. The number of aromatic nitrogens is 2. The second-order valence-corrected chi connectivity index (χ2v) is 5.81. The molecule has 1 aromatic heterocycles. The van der Waals surface area contributed by atoms with Gasteiger partial charge in [-0.3, -0.25) is 14.4 Å². The van der Waals surface area contributed by atoms with Crippen LogP contribution in [0.4, 0.5) is 0 Å². The topological polar surface area (TPSA) is 61.6 Å². The van der Waals surface area contributed by atoms with Crippen molar-refractivity contribution >= 4 is 17.6 Å². The van der Waals surface area contributed by atoms with Crippen LogP contribution in [0, 0.1) is 0 Å². The normalized spacial score (nSPS) is 17.3. The van der Waals surface area contributed by atoms with Crippen LogP contribution in [0.15, 0.2) is 0 Å². The summed E-state index contributed by atoms with van der Waals surface area (Å²) in [5.41, 5.74) is 2.19. The lowest BCUT2D eigenvalue weighted by molar-refractivity contribution is -0.137. The SMILES string of the molecule is CCc1nn(C)c(Cl)c1CN1CCN(CCC(=O)O)CC1. The molecule has 0 radical (unpaired) electrons. The Bertz CT molecular complexity index is 495. The third-order valence-electron chi connectivity index (χ3n) is 3.98. The lowest BCUT2D eigenvalue weighted by atomic mass is 10.2. The summed E-state index contributed by atoms with van der Waals surface area (Å²) in [4.78, 5) is 15.2. The number of carboxylic acids is 1. The summed E-state index contributed by atoms with van der Waals surface area (Å²) in [6.45, 7) is 7.24. The molecule has 21 heavy (non-hydrogen) atoms. The molecule has 0 atom stereocenters. The van der Waals surface area contributed by atoms with Crippen LogP contribution in [0.1, 0.15) is 24.6 Å². The van der Waals surface area contributed by atoms with Gasteiger partial charge in [0, 0.05) is 51.9 Å². The zero-order valence-corrected chi connectivity index (χ0v) is 13.4. The Balaban J connectivity index is 1.87. The van der Waals surface area contributed by atoms with Crippen molar-refractivity contribution < 1.29 is 9.90 Å². The summed E-state index contributed by atoms with van der Waals surface area (Å²) < 4.78 is 1.73. The average Bonchev–Trinajstić information content (AvgIpc) is 2.74. The van der Waals surface area contributed by atoms with E-state index in [4.69, 9.17) is 16.7 Å². The number of carbonyl (C=O) groups is 1. The van der Waals surface area contributed by atoms with Crippen molar-refractivity contribution in [3.05, 3.63) is 16.4 Å². The summed E-state index contributed by atoms with van der Waals surface area (Å²) in [5.74, 6) is -0.729. The fourth-order valence-electron chi connectivity index (χ4n) is 2.69. The van der Waals surface area contributed by atoms with Gasteiger partial charge in [0.15, 0.2) is 0 Å². The number of halogens is 1. The first-order chi connectivity index (χ1) is 10.0. The van der Waals surface area contributed by atoms with Crippen molar-refractivity contribution in [3.8, 4) is 0 Å². The molecule has 0 saturated carbocycles. The molecule has 6 nitrogen and oxygen atoms in total. The van der Waals surface area contributed by atoms with Crippen LogP contribution in [0.25, 0.3) is 0 Å². The Kier molecular flexibility index (Phi) is 5.61. The molecule has 1 aromatic rings. The van der Waals surface area contributed by atoms with Gasteiger partial charge in [0.25, 0.3) is 0 Å².